The largest absolute Gasteiger partial charge is 0.382 e. The molecule has 0 aliphatic carbocycles. The number of anilines is 3. The minimum absolute atomic E-state index is 0.0744. The van der Waals surface area contributed by atoms with Crippen LogP contribution in [0.4, 0.5) is 17.5 Å². The molecule has 10 heteroatoms. The van der Waals surface area contributed by atoms with Gasteiger partial charge in [-0.05, 0) is 37.2 Å². The molecule has 9 nitrogen and oxygen atoms in total. The molecule has 0 saturated carbocycles. The van der Waals surface area contributed by atoms with Crippen LogP contribution in [0.25, 0.3) is 0 Å². The monoisotopic (exact) mass is 389 g/mol. The summed E-state index contributed by atoms with van der Waals surface area (Å²) in [6.07, 6.45) is 2.02. The molecule has 5 N–H and O–H groups in total. The topological polar surface area (TPSA) is 146 Å². The second-order valence-corrected chi connectivity index (χ2v) is 7.88. The zero-order valence-corrected chi connectivity index (χ0v) is 16.0. The van der Waals surface area contributed by atoms with Crippen LogP contribution in [-0.4, -0.2) is 37.5 Å². The van der Waals surface area contributed by atoms with Gasteiger partial charge in [0.25, 0.3) is 0 Å². The minimum atomic E-state index is -3.56. The summed E-state index contributed by atoms with van der Waals surface area (Å²) in [5.41, 5.74) is 6.43. The molecule has 2 aromatic rings. The number of nitrogen functional groups attached to an aromatic ring is 1. The zero-order valence-electron chi connectivity index (χ0n) is 15.2. The van der Waals surface area contributed by atoms with Gasteiger partial charge in [0.05, 0.1) is 11.1 Å². The van der Waals surface area contributed by atoms with Crippen molar-refractivity contribution in [1.82, 2.24) is 20.0 Å². The molecule has 0 amide bonds. The highest BCUT2D eigenvalue weighted by molar-refractivity contribution is 7.89. The second kappa shape index (κ2) is 9.27. The summed E-state index contributed by atoms with van der Waals surface area (Å²) in [5.74, 6) is 0.295. The van der Waals surface area contributed by atoms with E-state index in [0.717, 1.165) is 6.54 Å². The van der Waals surface area contributed by atoms with E-state index in [9.17, 15) is 8.42 Å². The molecule has 2 rings (SSSR count). The maximum atomic E-state index is 12.3. The number of hydrogen-bond acceptors (Lipinski definition) is 8. The van der Waals surface area contributed by atoms with E-state index in [2.05, 4.69) is 25.3 Å². The van der Waals surface area contributed by atoms with Gasteiger partial charge in [-0.15, -0.1) is 0 Å². The smallest absolute Gasteiger partial charge is 0.240 e. The molecule has 1 aromatic heterocycles. The van der Waals surface area contributed by atoms with Crippen molar-refractivity contribution in [3.63, 3.8) is 0 Å². The lowest BCUT2D eigenvalue weighted by Gasteiger charge is -2.10. The van der Waals surface area contributed by atoms with Gasteiger partial charge < -0.3 is 16.4 Å². The van der Waals surface area contributed by atoms with E-state index in [-0.39, 0.29) is 22.2 Å². The number of nitrogens with two attached hydrogens (primary N) is 1. The Bertz CT molecular complexity index is 906. The molecule has 144 valence electrons. The molecule has 0 bridgehead atoms. The van der Waals surface area contributed by atoms with Crippen LogP contribution in [0, 0.1) is 11.3 Å². The maximum Gasteiger partial charge on any atom is 0.240 e. The first kappa shape index (κ1) is 20.6. The Balaban J connectivity index is 1.95. The lowest BCUT2D eigenvalue weighted by atomic mass is 10.3. The molecule has 0 fully saturated rings. The number of benzene rings is 1. The molecule has 0 unspecified atom stereocenters. The Morgan fingerprint density at radius 2 is 1.93 bits per heavy atom. The first-order valence-corrected chi connectivity index (χ1v) is 9.93. The third kappa shape index (κ3) is 6.18. The SMILES string of the molecule is CC(C)NCCCNS(=O)(=O)c1ccc(Nc2ncc(C#N)c(N)n2)cc1. The molecule has 0 saturated heterocycles. The van der Waals surface area contributed by atoms with Gasteiger partial charge in [-0.1, -0.05) is 13.8 Å². The molecule has 0 atom stereocenters. The highest BCUT2D eigenvalue weighted by atomic mass is 32.2. The Kier molecular flexibility index (Phi) is 7.06. The molecular weight excluding hydrogens is 366 g/mol. The third-order valence-corrected chi connectivity index (χ3v) is 5.03. The van der Waals surface area contributed by atoms with Gasteiger partial charge in [0, 0.05) is 18.3 Å². The van der Waals surface area contributed by atoms with E-state index in [1.165, 1.54) is 18.3 Å². The van der Waals surface area contributed by atoms with Gasteiger partial charge >= 0.3 is 0 Å². The van der Waals surface area contributed by atoms with Crippen molar-refractivity contribution < 1.29 is 8.42 Å². The molecular formula is C17H23N7O2S. The van der Waals surface area contributed by atoms with Crippen LogP contribution >= 0.6 is 0 Å². The summed E-state index contributed by atoms with van der Waals surface area (Å²) in [6.45, 7) is 5.19. The van der Waals surface area contributed by atoms with Crippen molar-refractivity contribution in [2.45, 2.75) is 31.2 Å². The predicted molar refractivity (Wildman–Crippen MR) is 104 cm³/mol. The van der Waals surface area contributed by atoms with E-state index >= 15 is 0 Å². The maximum absolute atomic E-state index is 12.3. The minimum Gasteiger partial charge on any atom is -0.382 e. The highest BCUT2D eigenvalue weighted by Gasteiger charge is 2.13. The van der Waals surface area contributed by atoms with Crippen molar-refractivity contribution in [1.29, 1.82) is 5.26 Å². The number of nitriles is 1. The molecule has 0 aliphatic heterocycles. The fourth-order valence-corrected chi connectivity index (χ4v) is 3.23. The van der Waals surface area contributed by atoms with E-state index in [1.54, 1.807) is 12.1 Å². The van der Waals surface area contributed by atoms with Crippen molar-refractivity contribution in [3.05, 3.63) is 36.0 Å². The fourth-order valence-electron chi connectivity index (χ4n) is 2.16. The summed E-state index contributed by atoms with van der Waals surface area (Å²) < 4.78 is 27.2. The standard InChI is InChI=1S/C17H23N7O2S/c1-12(2)20-8-3-9-22-27(25,26)15-6-4-14(5-7-15)23-17-21-11-13(10-18)16(19)24-17/h4-7,11-12,20,22H,3,8-9H2,1-2H3,(H3,19,21,23,24). The quantitative estimate of drug-likeness (QED) is 0.470. The molecule has 27 heavy (non-hydrogen) atoms. The van der Waals surface area contributed by atoms with Crippen LogP contribution in [0.3, 0.4) is 0 Å². The number of nitrogens with zero attached hydrogens (tertiary/aromatic N) is 3. The van der Waals surface area contributed by atoms with Crippen molar-refractivity contribution in [2.24, 2.45) is 0 Å². The highest BCUT2D eigenvalue weighted by Crippen LogP contribution is 2.18. The Morgan fingerprint density at radius 1 is 1.22 bits per heavy atom. The summed E-state index contributed by atoms with van der Waals surface area (Å²) >= 11 is 0. The summed E-state index contributed by atoms with van der Waals surface area (Å²) in [5, 5.41) is 15.0. The molecule has 1 aromatic carbocycles. The van der Waals surface area contributed by atoms with Crippen LogP contribution in [0.1, 0.15) is 25.8 Å². The predicted octanol–water partition coefficient (Wildman–Crippen LogP) is 1.34. The lowest BCUT2D eigenvalue weighted by Crippen LogP contribution is -2.29. The average molecular weight is 389 g/mol. The van der Waals surface area contributed by atoms with Gasteiger partial charge in [-0.2, -0.15) is 10.2 Å². The van der Waals surface area contributed by atoms with E-state index in [4.69, 9.17) is 11.0 Å². The van der Waals surface area contributed by atoms with E-state index in [1.807, 2.05) is 19.9 Å². The summed E-state index contributed by atoms with van der Waals surface area (Å²) in [4.78, 5) is 8.13. The van der Waals surface area contributed by atoms with Gasteiger partial charge in [-0.3, -0.25) is 0 Å². The molecule has 0 radical (unpaired) electrons. The number of aromatic nitrogens is 2. The number of rotatable bonds is 9. The number of hydrogen-bond donors (Lipinski definition) is 4. The first-order valence-electron chi connectivity index (χ1n) is 8.44. The Hall–Kier alpha value is -2.74. The van der Waals surface area contributed by atoms with Crippen molar-refractivity contribution in [2.75, 3.05) is 24.1 Å². The fraction of sp³-hybridized carbons (Fsp3) is 0.353. The van der Waals surface area contributed by atoms with Crippen LogP contribution < -0.4 is 21.1 Å². The Morgan fingerprint density at radius 3 is 2.52 bits per heavy atom. The van der Waals surface area contributed by atoms with Crippen molar-refractivity contribution >= 4 is 27.5 Å². The van der Waals surface area contributed by atoms with Crippen LogP contribution in [0.15, 0.2) is 35.4 Å². The molecule has 0 spiro atoms. The first-order chi connectivity index (χ1) is 12.8. The molecule has 1 heterocycles. The second-order valence-electron chi connectivity index (χ2n) is 6.11. The van der Waals surface area contributed by atoms with Gasteiger partial charge in [-0.25, -0.2) is 18.1 Å². The van der Waals surface area contributed by atoms with Gasteiger partial charge in [0.15, 0.2) is 0 Å². The lowest BCUT2D eigenvalue weighted by molar-refractivity contribution is 0.554. The summed E-state index contributed by atoms with van der Waals surface area (Å²) in [6, 6.07) is 8.45. The average Bonchev–Trinajstić information content (AvgIpc) is 2.62. The van der Waals surface area contributed by atoms with Crippen LogP contribution in [-0.2, 0) is 10.0 Å². The number of nitrogens with one attached hydrogen (secondary N) is 3. The normalized spacial score (nSPS) is 11.3. The summed E-state index contributed by atoms with van der Waals surface area (Å²) in [7, 11) is -3.56. The van der Waals surface area contributed by atoms with E-state index < -0.39 is 10.0 Å². The van der Waals surface area contributed by atoms with E-state index in [0.29, 0.717) is 24.7 Å². The van der Waals surface area contributed by atoms with Crippen LogP contribution in [0.5, 0.6) is 0 Å². The van der Waals surface area contributed by atoms with Crippen molar-refractivity contribution in [3.8, 4) is 6.07 Å². The van der Waals surface area contributed by atoms with Crippen LogP contribution in [0.2, 0.25) is 0 Å². The molecule has 0 aliphatic rings. The van der Waals surface area contributed by atoms with Gasteiger partial charge in [0.2, 0.25) is 16.0 Å². The number of sulfonamides is 1. The van der Waals surface area contributed by atoms with Gasteiger partial charge in [0.1, 0.15) is 17.5 Å². The third-order valence-electron chi connectivity index (χ3n) is 3.56. The zero-order chi connectivity index (χ0) is 19.9. The Labute approximate surface area is 159 Å².